The summed E-state index contributed by atoms with van der Waals surface area (Å²) in [6.45, 7) is 4.47. The zero-order valence-corrected chi connectivity index (χ0v) is 20.2. The molecule has 4 rings (SSSR count). The molecule has 0 amide bonds. The van der Waals surface area contributed by atoms with Gasteiger partial charge in [-0.25, -0.2) is 9.78 Å². The highest BCUT2D eigenvalue weighted by atomic mass is 16.5. The monoisotopic (exact) mass is 490 g/mol. The van der Waals surface area contributed by atoms with E-state index in [0.717, 1.165) is 15.7 Å². The molecule has 0 spiro atoms. The van der Waals surface area contributed by atoms with Crippen molar-refractivity contribution in [2.75, 3.05) is 20.3 Å². The van der Waals surface area contributed by atoms with Crippen LogP contribution in [0.1, 0.15) is 11.1 Å². The third-order valence-corrected chi connectivity index (χ3v) is 5.86. The molecule has 2 aromatic carbocycles. The van der Waals surface area contributed by atoms with Gasteiger partial charge in [0.25, 0.3) is 5.56 Å². The molecule has 0 unspecified atom stereocenters. The van der Waals surface area contributed by atoms with E-state index in [-0.39, 0.29) is 25.2 Å². The van der Waals surface area contributed by atoms with Gasteiger partial charge in [0.1, 0.15) is 18.5 Å². The highest BCUT2D eigenvalue weighted by Crippen LogP contribution is 2.19. The van der Waals surface area contributed by atoms with Gasteiger partial charge in [0.05, 0.1) is 26.0 Å². The van der Waals surface area contributed by atoms with Crippen molar-refractivity contribution in [2.45, 2.75) is 32.2 Å². The van der Waals surface area contributed by atoms with Gasteiger partial charge in [0.15, 0.2) is 11.2 Å². The molecular formula is C27H30N4O5. The molecule has 4 aromatic rings. The van der Waals surface area contributed by atoms with E-state index in [1.54, 1.807) is 17.8 Å². The Balaban J connectivity index is 1.67. The first kappa shape index (κ1) is 25.2. The minimum absolute atomic E-state index is 0.0836. The van der Waals surface area contributed by atoms with Crippen LogP contribution in [0.3, 0.4) is 0 Å². The number of methoxy groups -OCH3 is 1. The zero-order valence-electron chi connectivity index (χ0n) is 20.2. The van der Waals surface area contributed by atoms with Gasteiger partial charge >= 0.3 is 5.69 Å². The minimum Gasteiger partial charge on any atom is -0.491 e. The average Bonchev–Trinajstić information content (AvgIpc) is 3.32. The summed E-state index contributed by atoms with van der Waals surface area (Å²) in [6.07, 6.45) is 2.84. The first-order valence-electron chi connectivity index (χ1n) is 11.7. The smallest absolute Gasteiger partial charge is 0.333 e. The number of para-hydroxylation sites is 1. The predicted octanol–water partition coefficient (Wildman–Crippen LogP) is 2.22. The minimum atomic E-state index is -1.09. The predicted molar refractivity (Wildman–Crippen MR) is 138 cm³/mol. The molecule has 0 fully saturated rings. The number of benzene rings is 2. The van der Waals surface area contributed by atoms with Crippen LogP contribution in [0.4, 0.5) is 0 Å². The van der Waals surface area contributed by atoms with Crippen LogP contribution in [-0.4, -0.2) is 50.2 Å². The summed E-state index contributed by atoms with van der Waals surface area (Å²) in [7, 11) is 1.58. The van der Waals surface area contributed by atoms with E-state index in [1.807, 2.05) is 54.6 Å². The highest BCUT2D eigenvalue weighted by Gasteiger charge is 2.20. The number of hydrogen-bond donors (Lipinski definition) is 1. The third-order valence-electron chi connectivity index (χ3n) is 5.86. The van der Waals surface area contributed by atoms with Crippen LogP contribution in [0.2, 0.25) is 0 Å². The number of aromatic nitrogens is 4. The van der Waals surface area contributed by atoms with Crippen molar-refractivity contribution < 1.29 is 14.6 Å². The van der Waals surface area contributed by atoms with Crippen LogP contribution < -0.4 is 16.0 Å². The molecule has 9 heteroatoms. The van der Waals surface area contributed by atoms with Gasteiger partial charge in [-0.1, -0.05) is 54.6 Å². The molecule has 36 heavy (non-hydrogen) atoms. The van der Waals surface area contributed by atoms with Crippen molar-refractivity contribution in [3.63, 3.8) is 0 Å². The summed E-state index contributed by atoms with van der Waals surface area (Å²) in [5.41, 5.74) is 1.35. The Bertz CT molecular complexity index is 1440. The second kappa shape index (κ2) is 11.7. The molecule has 0 saturated carbocycles. The maximum Gasteiger partial charge on any atom is 0.333 e. The van der Waals surface area contributed by atoms with Crippen LogP contribution >= 0.6 is 0 Å². The molecule has 0 aliphatic heterocycles. The summed E-state index contributed by atoms with van der Waals surface area (Å²) >= 11 is 0. The van der Waals surface area contributed by atoms with Crippen LogP contribution in [-0.2, 0) is 30.8 Å². The fraction of sp³-hybridized carbons (Fsp3) is 0.296. The van der Waals surface area contributed by atoms with E-state index in [0.29, 0.717) is 31.0 Å². The van der Waals surface area contributed by atoms with Crippen molar-refractivity contribution >= 4 is 11.2 Å². The van der Waals surface area contributed by atoms with Gasteiger partial charge in [-0.2, -0.15) is 0 Å². The fourth-order valence-electron chi connectivity index (χ4n) is 4.09. The third kappa shape index (κ3) is 5.48. The summed E-state index contributed by atoms with van der Waals surface area (Å²) in [5, 5.41) is 10.8. The molecule has 2 heterocycles. The van der Waals surface area contributed by atoms with Crippen molar-refractivity contribution in [3.8, 4) is 5.75 Å². The van der Waals surface area contributed by atoms with Gasteiger partial charge in [0, 0.05) is 13.7 Å². The lowest BCUT2D eigenvalue weighted by molar-refractivity contribution is 0.0898. The molecule has 188 valence electrons. The molecule has 1 N–H and O–H groups in total. The van der Waals surface area contributed by atoms with Gasteiger partial charge in [-0.15, -0.1) is 6.58 Å². The number of ether oxygens (including phenoxy) is 2. The lowest BCUT2D eigenvalue weighted by Crippen LogP contribution is -2.44. The molecule has 1 atom stereocenters. The normalized spacial score (nSPS) is 12.1. The maximum absolute atomic E-state index is 13.5. The lowest BCUT2D eigenvalue weighted by Gasteiger charge is -2.17. The second-order valence-corrected chi connectivity index (χ2v) is 8.44. The standard InChI is InChI=1S/C27H30N4O5/c1-3-9-21-12-7-8-13-23(21)36-18-22(32)17-31-26(33)24-25(28-19-29(24)14-15-35-2)30(27(31)34)16-20-10-5-4-6-11-20/h3-8,10-13,19,22,32H,1,9,14-18H2,2H3/t22-/m0/s1. The molecule has 9 nitrogen and oxygen atoms in total. The molecule has 0 radical (unpaired) electrons. The number of aliphatic hydroxyl groups excluding tert-OH is 1. The van der Waals surface area contributed by atoms with Gasteiger partial charge in [-0.3, -0.25) is 13.9 Å². The largest absolute Gasteiger partial charge is 0.491 e. The number of fused-ring (bicyclic) bond motifs is 1. The topological polar surface area (TPSA) is 101 Å². The van der Waals surface area contributed by atoms with Gasteiger partial charge in [0.2, 0.25) is 0 Å². The summed E-state index contributed by atoms with van der Waals surface area (Å²) in [4.78, 5) is 31.3. The summed E-state index contributed by atoms with van der Waals surface area (Å²) in [5.74, 6) is 0.623. The van der Waals surface area contributed by atoms with Gasteiger partial charge < -0.3 is 19.1 Å². The van der Waals surface area contributed by atoms with Crippen molar-refractivity contribution in [1.82, 2.24) is 18.7 Å². The Morgan fingerprint density at radius 3 is 2.58 bits per heavy atom. The molecule has 0 aliphatic rings. The Hall–Kier alpha value is -3.95. The number of aliphatic hydroxyl groups is 1. The van der Waals surface area contributed by atoms with Crippen molar-refractivity contribution in [1.29, 1.82) is 0 Å². The summed E-state index contributed by atoms with van der Waals surface area (Å²) < 4.78 is 15.2. The van der Waals surface area contributed by atoms with E-state index in [2.05, 4.69) is 11.6 Å². The van der Waals surface area contributed by atoms with E-state index in [9.17, 15) is 14.7 Å². The van der Waals surface area contributed by atoms with Crippen LogP contribution in [0.15, 0.2) is 83.2 Å². The number of imidazole rings is 1. The van der Waals surface area contributed by atoms with E-state index < -0.39 is 17.4 Å². The lowest BCUT2D eigenvalue weighted by atomic mass is 10.1. The Kier molecular flexibility index (Phi) is 8.14. The van der Waals surface area contributed by atoms with E-state index in [4.69, 9.17) is 9.47 Å². The van der Waals surface area contributed by atoms with Crippen LogP contribution in [0, 0.1) is 0 Å². The van der Waals surface area contributed by atoms with Gasteiger partial charge in [-0.05, 0) is 23.6 Å². The first-order valence-corrected chi connectivity index (χ1v) is 11.7. The first-order chi connectivity index (χ1) is 17.5. The molecule has 0 aliphatic carbocycles. The highest BCUT2D eigenvalue weighted by molar-refractivity contribution is 5.70. The molecule has 0 bridgehead atoms. The zero-order chi connectivity index (χ0) is 25.5. The maximum atomic E-state index is 13.5. The van der Waals surface area contributed by atoms with Crippen molar-refractivity contribution in [3.05, 3.63) is 106 Å². The Labute approximate surface area is 208 Å². The second-order valence-electron chi connectivity index (χ2n) is 8.44. The number of hydrogen-bond acceptors (Lipinski definition) is 6. The SMILES string of the molecule is C=CCc1ccccc1OC[C@@H](O)Cn1c(=O)c2c(ncn2CCOC)n(Cc2ccccc2)c1=O. The van der Waals surface area contributed by atoms with Crippen molar-refractivity contribution in [2.24, 2.45) is 0 Å². The summed E-state index contributed by atoms with van der Waals surface area (Å²) in [6, 6.07) is 16.9. The average molecular weight is 491 g/mol. The van der Waals surface area contributed by atoms with E-state index in [1.165, 1.54) is 10.9 Å². The molecule has 2 aromatic heterocycles. The van der Waals surface area contributed by atoms with Crippen LogP contribution in [0.25, 0.3) is 11.2 Å². The Morgan fingerprint density at radius 2 is 1.83 bits per heavy atom. The van der Waals surface area contributed by atoms with Crippen LogP contribution in [0.5, 0.6) is 5.75 Å². The molecular weight excluding hydrogens is 460 g/mol. The number of nitrogens with zero attached hydrogens (tertiary/aromatic N) is 4. The fourth-order valence-corrected chi connectivity index (χ4v) is 4.09. The quantitative estimate of drug-likeness (QED) is 0.306. The Morgan fingerprint density at radius 1 is 1.08 bits per heavy atom. The number of rotatable bonds is 12. The number of allylic oxidation sites excluding steroid dienone is 1. The molecule has 0 saturated heterocycles. The van der Waals surface area contributed by atoms with E-state index >= 15 is 0 Å².